The summed E-state index contributed by atoms with van der Waals surface area (Å²) >= 11 is 0. The number of carbonyl (C=O) groups excluding carboxylic acids is 1. The number of rotatable bonds is 5. The highest BCUT2D eigenvalue weighted by molar-refractivity contribution is 5.79. The minimum Gasteiger partial charge on any atom is -0.339 e. The minimum atomic E-state index is 0.0530. The van der Waals surface area contributed by atoms with Crippen LogP contribution >= 0.6 is 0 Å². The van der Waals surface area contributed by atoms with Crippen LogP contribution < -0.4 is 0 Å². The molecule has 0 aliphatic carbocycles. The molecule has 3 heterocycles. The summed E-state index contributed by atoms with van der Waals surface area (Å²) in [7, 11) is 0. The van der Waals surface area contributed by atoms with Gasteiger partial charge in [-0.05, 0) is 36.1 Å². The molecule has 2 aliphatic heterocycles. The monoisotopic (exact) mass is 430 g/mol. The van der Waals surface area contributed by atoms with Gasteiger partial charge in [0.25, 0.3) is 0 Å². The zero-order valence-corrected chi connectivity index (χ0v) is 18.8. The normalized spacial score (nSPS) is 21.2. The van der Waals surface area contributed by atoms with E-state index in [4.69, 9.17) is 4.52 Å². The van der Waals surface area contributed by atoms with Crippen molar-refractivity contribution in [3.63, 3.8) is 0 Å². The smallest absolute Gasteiger partial charge is 0.237 e. The molecule has 6 heteroatoms. The highest BCUT2D eigenvalue weighted by Crippen LogP contribution is 2.35. The molecule has 0 radical (unpaired) electrons. The molecule has 2 aromatic carbocycles. The van der Waals surface area contributed by atoms with E-state index in [0.29, 0.717) is 31.3 Å². The van der Waals surface area contributed by atoms with Gasteiger partial charge in [-0.3, -0.25) is 9.69 Å². The maximum absolute atomic E-state index is 13.5. The fraction of sp³-hybridized carbons (Fsp3) is 0.423. The summed E-state index contributed by atoms with van der Waals surface area (Å²) in [5.41, 5.74) is 3.82. The summed E-state index contributed by atoms with van der Waals surface area (Å²) in [6.45, 7) is 6.73. The predicted octanol–water partition coefficient (Wildman–Crippen LogP) is 4.50. The van der Waals surface area contributed by atoms with E-state index in [1.165, 1.54) is 16.7 Å². The minimum absolute atomic E-state index is 0.0530. The van der Waals surface area contributed by atoms with E-state index in [0.717, 1.165) is 19.4 Å². The van der Waals surface area contributed by atoms with Crippen LogP contribution in [-0.2, 0) is 11.3 Å². The molecule has 0 spiro atoms. The molecule has 0 bridgehead atoms. The Morgan fingerprint density at radius 3 is 2.69 bits per heavy atom. The number of nitrogens with zero attached hydrogens (tertiary/aromatic N) is 4. The first kappa shape index (κ1) is 20.9. The number of benzene rings is 2. The van der Waals surface area contributed by atoms with Crippen molar-refractivity contribution in [1.29, 1.82) is 0 Å². The second-order valence-corrected chi connectivity index (χ2v) is 9.21. The molecule has 166 valence electrons. The molecule has 1 amide bonds. The van der Waals surface area contributed by atoms with Gasteiger partial charge in [-0.2, -0.15) is 4.98 Å². The SMILES string of the molecule is CC(C)c1nc(C2CCCN2CC(=O)N2Cc3ccccc3C(c3ccccc3)C2)no1. The Kier molecular flexibility index (Phi) is 5.79. The molecule has 1 fully saturated rings. The summed E-state index contributed by atoms with van der Waals surface area (Å²) in [5.74, 6) is 1.95. The molecule has 3 aromatic rings. The summed E-state index contributed by atoms with van der Waals surface area (Å²) in [6, 6.07) is 19.1. The quantitative estimate of drug-likeness (QED) is 0.596. The second-order valence-electron chi connectivity index (χ2n) is 9.21. The second kappa shape index (κ2) is 8.87. The highest BCUT2D eigenvalue weighted by Gasteiger charge is 2.34. The molecule has 0 saturated carbocycles. The van der Waals surface area contributed by atoms with Crippen LogP contribution in [0.1, 0.15) is 73.0 Å². The average Bonchev–Trinajstić information content (AvgIpc) is 3.48. The van der Waals surface area contributed by atoms with Crippen molar-refractivity contribution < 1.29 is 9.32 Å². The summed E-state index contributed by atoms with van der Waals surface area (Å²) in [5, 5.41) is 4.22. The lowest BCUT2D eigenvalue weighted by Gasteiger charge is -2.36. The van der Waals surface area contributed by atoms with Crippen LogP contribution in [0.4, 0.5) is 0 Å². The third-order valence-electron chi connectivity index (χ3n) is 6.70. The molecule has 5 rings (SSSR count). The lowest BCUT2D eigenvalue weighted by atomic mass is 9.84. The van der Waals surface area contributed by atoms with Crippen molar-refractivity contribution in [2.45, 2.75) is 51.1 Å². The number of hydrogen-bond donors (Lipinski definition) is 0. The first-order valence-corrected chi connectivity index (χ1v) is 11.6. The van der Waals surface area contributed by atoms with Gasteiger partial charge in [0.15, 0.2) is 5.82 Å². The molecule has 1 aromatic heterocycles. The Hall–Kier alpha value is -2.99. The third kappa shape index (κ3) is 4.07. The van der Waals surface area contributed by atoms with Gasteiger partial charge in [0.1, 0.15) is 0 Å². The van der Waals surface area contributed by atoms with Crippen LogP contribution in [0.3, 0.4) is 0 Å². The van der Waals surface area contributed by atoms with E-state index in [1.54, 1.807) is 0 Å². The van der Waals surface area contributed by atoms with Gasteiger partial charge in [0.2, 0.25) is 11.8 Å². The van der Waals surface area contributed by atoms with Crippen LogP contribution in [0.2, 0.25) is 0 Å². The van der Waals surface area contributed by atoms with Crippen LogP contribution in [0, 0.1) is 0 Å². The maximum Gasteiger partial charge on any atom is 0.237 e. The van der Waals surface area contributed by atoms with Gasteiger partial charge in [0.05, 0.1) is 12.6 Å². The van der Waals surface area contributed by atoms with Gasteiger partial charge >= 0.3 is 0 Å². The van der Waals surface area contributed by atoms with Crippen molar-refractivity contribution in [2.24, 2.45) is 0 Å². The van der Waals surface area contributed by atoms with Crippen LogP contribution in [0.25, 0.3) is 0 Å². The van der Waals surface area contributed by atoms with E-state index in [2.05, 4.69) is 63.6 Å². The van der Waals surface area contributed by atoms with Gasteiger partial charge < -0.3 is 9.42 Å². The van der Waals surface area contributed by atoms with E-state index >= 15 is 0 Å². The fourth-order valence-electron chi connectivity index (χ4n) is 4.97. The number of hydrogen-bond acceptors (Lipinski definition) is 5. The van der Waals surface area contributed by atoms with E-state index < -0.39 is 0 Å². The highest BCUT2D eigenvalue weighted by atomic mass is 16.5. The number of amides is 1. The van der Waals surface area contributed by atoms with E-state index in [-0.39, 0.29) is 23.8 Å². The number of likely N-dealkylation sites (tertiary alicyclic amines) is 1. The van der Waals surface area contributed by atoms with Crippen LogP contribution in [0.15, 0.2) is 59.1 Å². The first-order chi connectivity index (χ1) is 15.6. The van der Waals surface area contributed by atoms with Crippen molar-refractivity contribution >= 4 is 5.91 Å². The van der Waals surface area contributed by atoms with Crippen molar-refractivity contribution in [1.82, 2.24) is 19.9 Å². The van der Waals surface area contributed by atoms with Crippen LogP contribution in [0.5, 0.6) is 0 Å². The van der Waals surface area contributed by atoms with Crippen LogP contribution in [-0.4, -0.2) is 45.5 Å². The molecule has 1 saturated heterocycles. The molecular formula is C26H30N4O2. The van der Waals surface area contributed by atoms with Gasteiger partial charge in [-0.25, -0.2) is 0 Å². The molecule has 0 N–H and O–H groups in total. The lowest BCUT2D eigenvalue weighted by Crippen LogP contribution is -2.44. The van der Waals surface area contributed by atoms with Crippen molar-refractivity contribution in [3.8, 4) is 0 Å². The Bertz CT molecular complexity index is 1080. The maximum atomic E-state index is 13.5. The lowest BCUT2D eigenvalue weighted by molar-refractivity contribution is -0.133. The Morgan fingerprint density at radius 1 is 1.12 bits per heavy atom. The zero-order chi connectivity index (χ0) is 22.1. The van der Waals surface area contributed by atoms with Crippen molar-refractivity contribution in [2.75, 3.05) is 19.6 Å². The van der Waals surface area contributed by atoms with Crippen molar-refractivity contribution in [3.05, 3.63) is 83.0 Å². The molecule has 2 unspecified atom stereocenters. The largest absolute Gasteiger partial charge is 0.339 e. The molecule has 32 heavy (non-hydrogen) atoms. The Morgan fingerprint density at radius 2 is 1.91 bits per heavy atom. The summed E-state index contributed by atoms with van der Waals surface area (Å²) in [4.78, 5) is 22.3. The van der Waals surface area contributed by atoms with Gasteiger partial charge in [-0.15, -0.1) is 0 Å². The fourth-order valence-corrected chi connectivity index (χ4v) is 4.97. The third-order valence-corrected chi connectivity index (χ3v) is 6.70. The number of fused-ring (bicyclic) bond motifs is 1. The van der Waals surface area contributed by atoms with E-state index in [9.17, 15) is 4.79 Å². The molecular weight excluding hydrogens is 400 g/mol. The average molecular weight is 431 g/mol. The first-order valence-electron chi connectivity index (χ1n) is 11.6. The van der Waals surface area contributed by atoms with Gasteiger partial charge in [-0.1, -0.05) is 73.6 Å². The Labute approximate surface area is 189 Å². The zero-order valence-electron chi connectivity index (χ0n) is 18.8. The van der Waals surface area contributed by atoms with Gasteiger partial charge in [0, 0.05) is 24.9 Å². The number of aromatic nitrogens is 2. The summed E-state index contributed by atoms with van der Waals surface area (Å²) < 4.78 is 5.43. The molecule has 6 nitrogen and oxygen atoms in total. The predicted molar refractivity (Wildman–Crippen MR) is 122 cm³/mol. The number of carbonyl (C=O) groups is 1. The Balaban J connectivity index is 1.34. The topological polar surface area (TPSA) is 62.5 Å². The standard InChI is InChI=1S/C26H30N4O2/c1-18(2)26-27-25(28-32-26)23-13-8-14-29(23)17-24(31)30-15-20-11-6-7-12-21(20)22(16-30)19-9-4-3-5-10-19/h3-7,9-12,18,22-23H,8,13-17H2,1-2H3. The molecule has 2 atom stereocenters. The van der Waals surface area contributed by atoms with E-state index in [1.807, 2.05) is 24.8 Å². The summed E-state index contributed by atoms with van der Waals surface area (Å²) in [6.07, 6.45) is 2.00. The molecule has 2 aliphatic rings.